The highest BCUT2D eigenvalue weighted by Gasteiger charge is 2.25. The van der Waals surface area contributed by atoms with Crippen molar-refractivity contribution in [2.24, 2.45) is 4.99 Å². The van der Waals surface area contributed by atoms with Crippen LogP contribution < -0.4 is 5.32 Å². The minimum Gasteiger partial charge on any atom is -0.444 e. The molecule has 1 aromatic heterocycles. The second-order valence-corrected chi connectivity index (χ2v) is 9.42. The van der Waals surface area contributed by atoms with E-state index in [4.69, 9.17) is 4.74 Å². The maximum absolute atomic E-state index is 12.1. The normalized spacial score (nSPS) is 15.5. The Hall–Kier alpha value is -1.07. The van der Waals surface area contributed by atoms with Gasteiger partial charge < -0.3 is 19.9 Å². The van der Waals surface area contributed by atoms with Crippen molar-refractivity contribution in [2.45, 2.75) is 39.2 Å². The number of piperazine rings is 1. The van der Waals surface area contributed by atoms with E-state index in [1.54, 1.807) is 11.3 Å². The molecule has 1 saturated heterocycles. The molecular formula is C21H38IN5O2S. The monoisotopic (exact) mass is 551 g/mol. The molecule has 1 N–H and O–H groups in total. The number of hydrogen-bond donors (Lipinski definition) is 1. The summed E-state index contributed by atoms with van der Waals surface area (Å²) in [6.45, 7) is 11.8. The van der Waals surface area contributed by atoms with Crippen LogP contribution in [0, 0.1) is 0 Å². The van der Waals surface area contributed by atoms with E-state index in [-0.39, 0.29) is 30.1 Å². The smallest absolute Gasteiger partial charge is 0.410 e. The second-order valence-electron chi connectivity index (χ2n) is 8.39. The molecular weight excluding hydrogens is 513 g/mol. The number of likely N-dealkylation sites (N-methyl/N-ethyl adjacent to an activating group) is 1. The van der Waals surface area contributed by atoms with Crippen molar-refractivity contribution in [3.8, 4) is 0 Å². The van der Waals surface area contributed by atoms with Crippen molar-refractivity contribution in [3.05, 3.63) is 22.4 Å². The maximum atomic E-state index is 12.1. The van der Waals surface area contributed by atoms with E-state index in [0.29, 0.717) is 0 Å². The van der Waals surface area contributed by atoms with Crippen LogP contribution in [0.25, 0.3) is 0 Å². The van der Waals surface area contributed by atoms with Crippen LogP contribution >= 0.6 is 35.3 Å². The summed E-state index contributed by atoms with van der Waals surface area (Å²) in [5.74, 6) is 0.941. The lowest BCUT2D eigenvalue weighted by molar-refractivity contribution is 0.0145. The zero-order valence-electron chi connectivity index (χ0n) is 19.0. The van der Waals surface area contributed by atoms with E-state index >= 15 is 0 Å². The van der Waals surface area contributed by atoms with E-state index < -0.39 is 5.60 Å². The molecule has 0 atom stereocenters. The van der Waals surface area contributed by atoms with Crippen LogP contribution in [-0.4, -0.2) is 92.3 Å². The number of thiophene rings is 1. The summed E-state index contributed by atoms with van der Waals surface area (Å²) in [5.41, 5.74) is -0.435. The predicted octanol–water partition coefficient (Wildman–Crippen LogP) is 3.36. The summed E-state index contributed by atoms with van der Waals surface area (Å²) in [6, 6.07) is 4.28. The van der Waals surface area contributed by atoms with E-state index in [2.05, 4.69) is 44.7 Å². The molecule has 1 fully saturated rings. The Labute approximate surface area is 202 Å². The van der Waals surface area contributed by atoms with E-state index in [1.807, 2.05) is 32.7 Å². The number of aliphatic imine (C=N–C) groups is 1. The largest absolute Gasteiger partial charge is 0.444 e. The fourth-order valence-electron chi connectivity index (χ4n) is 3.21. The van der Waals surface area contributed by atoms with Crippen molar-refractivity contribution in [2.75, 3.05) is 59.9 Å². The molecule has 1 amide bonds. The minimum atomic E-state index is -0.435. The highest BCUT2D eigenvalue weighted by molar-refractivity contribution is 14.0. The van der Waals surface area contributed by atoms with Crippen LogP contribution in [0.4, 0.5) is 4.79 Å². The molecule has 1 aromatic rings. The molecule has 9 heteroatoms. The van der Waals surface area contributed by atoms with Gasteiger partial charge in [-0.25, -0.2) is 4.79 Å². The quantitative estimate of drug-likeness (QED) is 0.244. The van der Waals surface area contributed by atoms with Gasteiger partial charge in [-0.15, -0.1) is 35.3 Å². The molecule has 0 aliphatic carbocycles. The standard InChI is InChI=1S/C21H37N5O2S.HI/c1-21(2,3)28-20(27)26-15-13-25(14-16-26)11-7-10-23-19(22-4)24(5)12-9-18-8-6-17-29-18;/h6,8,17H,7,9-16H2,1-5H3,(H,22,23);1H. The third-order valence-electron chi connectivity index (χ3n) is 4.81. The Morgan fingerprint density at radius 3 is 2.57 bits per heavy atom. The number of rotatable bonds is 7. The number of guanidine groups is 1. The molecule has 0 unspecified atom stereocenters. The minimum absolute atomic E-state index is 0. The first kappa shape index (κ1) is 27.0. The number of carbonyl (C=O) groups is 1. The van der Waals surface area contributed by atoms with Crippen LogP contribution in [0.2, 0.25) is 0 Å². The number of halogens is 1. The Morgan fingerprint density at radius 1 is 1.30 bits per heavy atom. The first-order chi connectivity index (χ1) is 13.8. The lowest BCUT2D eigenvalue weighted by Crippen LogP contribution is -2.50. The van der Waals surface area contributed by atoms with Gasteiger partial charge in [0.05, 0.1) is 0 Å². The molecule has 7 nitrogen and oxygen atoms in total. The van der Waals surface area contributed by atoms with Crippen molar-refractivity contribution in [1.82, 2.24) is 20.0 Å². The fraction of sp³-hybridized carbons (Fsp3) is 0.714. The van der Waals surface area contributed by atoms with Crippen LogP contribution in [0.15, 0.2) is 22.5 Å². The first-order valence-corrected chi connectivity index (χ1v) is 11.3. The summed E-state index contributed by atoms with van der Waals surface area (Å²) in [6.07, 6.45) is 1.88. The van der Waals surface area contributed by atoms with Gasteiger partial charge in [0, 0.05) is 58.2 Å². The third kappa shape index (κ3) is 9.82. The van der Waals surface area contributed by atoms with Gasteiger partial charge in [-0.3, -0.25) is 9.89 Å². The average molecular weight is 552 g/mol. The molecule has 0 spiro atoms. The Balaban J connectivity index is 0.00000450. The molecule has 0 saturated carbocycles. The predicted molar refractivity (Wildman–Crippen MR) is 136 cm³/mol. The molecule has 30 heavy (non-hydrogen) atoms. The highest BCUT2D eigenvalue weighted by atomic mass is 127. The number of nitrogens with one attached hydrogen (secondary N) is 1. The van der Waals surface area contributed by atoms with Gasteiger partial charge >= 0.3 is 6.09 Å². The van der Waals surface area contributed by atoms with Gasteiger partial charge in [0.2, 0.25) is 0 Å². The second kappa shape index (κ2) is 13.4. The van der Waals surface area contributed by atoms with Crippen molar-refractivity contribution >= 4 is 47.4 Å². The number of ether oxygens (including phenoxy) is 1. The average Bonchev–Trinajstić information content (AvgIpc) is 3.19. The number of carbonyl (C=O) groups excluding carboxylic acids is 1. The summed E-state index contributed by atoms with van der Waals surface area (Å²) in [4.78, 5) is 24.3. The number of amides is 1. The Kier molecular flexibility index (Phi) is 12.0. The molecule has 1 aliphatic rings. The van der Waals surface area contributed by atoms with Crippen LogP contribution in [-0.2, 0) is 11.2 Å². The zero-order valence-corrected chi connectivity index (χ0v) is 22.2. The van der Waals surface area contributed by atoms with Crippen molar-refractivity contribution in [1.29, 1.82) is 0 Å². The number of hydrogen-bond acceptors (Lipinski definition) is 5. The molecule has 0 bridgehead atoms. The van der Waals surface area contributed by atoms with E-state index in [9.17, 15) is 4.79 Å². The molecule has 0 radical (unpaired) electrons. The summed E-state index contributed by atoms with van der Waals surface area (Å²) >= 11 is 1.80. The molecule has 1 aliphatic heterocycles. The molecule has 2 rings (SSSR count). The van der Waals surface area contributed by atoms with Gasteiger partial charge in [-0.05, 0) is 51.6 Å². The Bertz CT molecular complexity index is 640. The molecule has 0 aromatic carbocycles. The van der Waals surface area contributed by atoms with Crippen LogP contribution in [0.3, 0.4) is 0 Å². The van der Waals surface area contributed by atoms with Crippen molar-refractivity contribution < 1.29 is 9.53 Å². The highest BCUT2D eigenvalue weighted by Crippen LogP contribution is 2.12. The SMILES string of the molecule is CN=C(NCCCN1CCN(C(=O)OC(C)(C)C)CC1)N(C)CCc1cccs1.I. The van der Waals surface area contributed by atoms with Crippen molar-refractivity contribution in [3.63, 3.8) is 0 Å². The summed E-state index contributed by atoms with van der Waals surface area (Å²) in [7, 11) is 3.92. The maximum Gasteiger partial charge on any atom is 0.410 e. The zero-order chi connectivity index (χ0) is 21.3. The van der Waals surface area contributed by atoms with Crippen LogP contribution in [0.5, 0.6) is 0 Å². The Morgan fingerprint density at radius 2 is 2.00 bits per heavy atom. The summed E-state index contributed by atoms with van der Waals surface area (Å²) in [5, 5.41) is 5.58. The third-order valence-corrected chi connectivity index (χ3v) is 5.74. The van der Waals surface area contributed by atoms with Gasteiger partial charge in [-0.2, -0.15) is 0 Å². The van der Waals surface area contributed by atoms with Gasteiger partial charge in [0.25, 0.3) is 0 Å². The lowest BCUT2D eigenvalue weighted by Gasteiger charge is -2.35. The summed E-state index contributed by atoms with van der Waals surface area (Å²) < 4.78 is 5.46. The number of nitrogens with zero attached hydrogens (tertiary/aromatic N) is 4. The fourth-order valence-corrected chi connectivity index (χ4v) is 3.90. The first-order valence-electron chi connectivity index (χ1n) is 10.4. The van der Waals surface area contributed by atoms with Gasteiger partial charge in [-0.1, -0.05) is 6.07 Å². The van der Waals surface area contributed by atoms with Gasteiger partial charge in [0.15, 0.2) is 5.96 Å². The van der Waals surface area contributed by atoms with E-state index in [1.165, 1.54) is 4.88 Å². The lowest BCUT2D eigenvalue weighted by atomic mass is 10.2. The van der Waals surface area contributed by atoms with Gasteiger partial charge in [0.1, 0.15) is 5.60 Å². The van der Waals surface area contributed by atoms with Crippen LogP contribution in [0.1, 0.15) is 32.1 Å². The molecule has 2 heterocycles. The topological polar surface area (TPSA) is 60.4 Å². The molecule has 172 valence electrons. The van der Waals surface area contributed by atoms with E-state index in [0.717, 1.165) is 64.6 Å².